The van der Waals surface area contributed by atoms with Gasteiger partial charge in [-0.05, 0) is 24.7 Å². The van der Waals surface area contributed by atoms with E-state index in [1.165, 1.54) is 42.3 Å². The maximum Gasteiger partial charge on any atom is 0.327 e. The molecule has 1 saturated carbocycles. The minimum Gasteiger partial charge on any atom is -0.480 e. The fourth-order valence-electron chi connectivity index (χ4n) is 2.99. The summed E-state index contributed by atoms with van der Waals surface area (Å²) in [6, 6.07) is -0.900. The number of aliphatic carboxylic acids is 1. The van der Waals surface area contributed by atoms with Gasteiger partial charge >= 0.3 is 12.0 Å². The van der Waals surface area contributed by atoms with Gasteiger partial charge in [-0.3, -0.25) is 0 Å². The predicted octanol–water partition coefficient (Wildman–Crippen LogP) is 2.13. The van der Waals surface area contributed by atoms with Crippen molar-refractivity contribution in [3.8, 4) is 0 Å². The van der Waals surface area contributed by atoms with Crippen LogP contribution >= 0.6 is 11.8 Å². The maximum atomic E-state index is 12.1. The van der Waals surface area contributed by atoms with Crippen LogP contribution < -0.4 is 5.32 Å². The zero-order chi connectivity index (χ0) is 13.9. The van der Waals surface area contributed by atoms with Crippen molar-refractivity contribution in [2.24, 2.45) is 5.41 Å². The van der Waals surface area contributed by atoms with E-state index in [-0.39, 0.29) is 11.4 Å². The number of carbonyl (C=O) groups is 2. The summed E-state index contributed by atoms with van der Waals surface area (Å²) in [6.07, 6.45) is 5.88. The molecule has 0 aromatic carbocycles. The smallest absolute Gasteiger partial charge is 0.327 e. The molecule has 1 aliphatic carbocycles. The highest BCUT2D eigenvalue weighted by Crippen LogP contribution is 2.40. The van der Waals surface area contributed by atoms with E-state index in [2.05, 4.69) is 12.2 Å². The first kappa shape index (κ1) is 14.5. The highest BCUT2D eigenvalue weighted by molar-refractivity contribution is 7.99. The van der Waals surface area contributed by atoms with Gasteiger partial charge in [0.1, 0.15) is 6.04 Å². The molecule has 5 nitrogen and oxygen atoms in total. The van der Waals surface area contributed by atoms with Crippen molar-refractivity contribution < 1.29 is 14.7 Å². The summed E-state index contributed by atoms with van der Waals surface area (Å²) in [6.45, 7) is 2.85. The molecule has 0 radical (unpaired) electrons. The molecule has 19 heavy (non-hydrogen) atoms. The zero-order valence-corrected chi connectivity index (χ0v) is 12.2. The van der Waals surface area contributed by atoms with E-state index < -0.39 is 12.0 Å². The minimum atomic E-state index is -0.911. The Morgan fingerprint density at radius 3 is 2.68 bits per heavy atom. The van der Waals surface area contributed by atoms with E-state index in [0.717, 1.165) is 6.42 Å². The van der Waals surface area contributed by atoms with Gasteiger partial charge in [0.2, 0.25) is 0 Å². The van der Waals surface area contributed by atoms with Crippen LogP contribution in [0.1, 0.15) is 39.0 Å². The fourth-order valence-corrected chi connectivity index (χ4v) is 4.14. The average Bonchev–Trinajstić information content (AvgIpc) is 3.05. The molecule has 2 fully saturated rings. The Balaban J connectivity index is 1.88. The molecule has 0 aromatic rings. The van der Waals surface area contributed by atoms with E-state index in [1.807, 2.05) is 0 Å². The lowest BCUT2D eigenvalue weighted by molar-refractivity contribution is -0.140. The third-order valence-electron chi connectivity index (χ3n) is 4.46. The predicted molar refractivity (Wildman–Crippen MR) is 75.2 cm³/mol. The molecule has 2 aliphatic rings. The first-order valence-corrected chi connectivity index (χ1v) is 8.08. The Morgan fingerprint density at radius 2 is 2.11 bits per heavy atom. The number of carbonyl (C=O) groups excluding carboxylic acids is 1. The van der Waals surface area contributed by atoms with Crippen LogP contribution in [0.25, 0.3) is 0 Å². The van der Waals surface area contributed by atoms with Crippen molar-refractivity contribution in [2.45, 2.75) is 45.1 Å². The van der Waals surface area contributed by atoms with Crippen molar-refractivity contribution in [3.05, 3.63) is 0 Å². The summed E-state index contributed by atoms with van der Waals surface area (Å²) in [7, 11) is 0. The number of nitrogens with one attached hydrogen (secondary N) is 1. The molecule has 1 unspecified atom stereocenters. The fraction of sp³-hybridized carbons (Fsp3) is 0.846. The number of amides is 2. The first-order chi connectivity index (χ1) is 9.08. The summed E-state index contributed by atoms with van der Waals surface area (Å²) < 4.78 is 0. The molecule has 1 saturated heterocycles. The number of urea groups is 1. The van der Waals surface area contributed by atoms with Crippen LogP contribution in [-0.4, -0.2) is 46.2 Å². The van der Waals surface area contributed by atoms with E-state index in [0.29, 0.717) is 18.2 Å². The number of thioether (sulfide) groups is 1. The molecule has 108 valence electrons. The SMILES string of the molecule is CCC1(CNC(=O)N2CSCC2C(=O)O)CCCC1. The van der Waals surface area contributed by atoms with Crippen molar-refractivity contribution in [3.63, 3.8) is 0 Å². The molecule has 0 spiro atoms. The molecule has 1 atom stereocenters. The number of hydrogen-bond donors (Lipinski definition) is 2. The van der Waals surface area contributed by atoms with Crippen LogP contribution in [0.3, 0.4) is 0 Å². The van der Waals surface area contributed by atoms with Crippen LogP contribution in [0.5, 0.6) is 0 Å². The van der Waals surface area contributed by atoms with E-state index in [9.17, 15) is 9.59 Å². The summed E-state index contributed by atoms with van der Waals surface area (Å²) >= 11 is 1.49. The van der Waals surface area contributed by atoms with E-state index in [4.69, 9.17) is 5.11 Å². The number of rotatable bonds is 4. The Hall–Kier alpha value is -0.910. The molecular formula is C13H22N2O3S. The topological polar surface area (TPSA) is 69.6 Å². The second kappa shape index (κ2) is 6.03. The maximum absolute atomic E-state index is 12.1. The lowest BCUT2D eigenvalue weighted by atomic mass is 9.83. The van der Waals surface area contributed by atoms with Gasteiger partial charge in [-0.1, -0.05) is 19.8 Å². The van der Waals surface area contributed by atoms with Gasteiger partial charge < -0.3 is 15.3 Å². The van der Waals surface area contributed by atoms with Gasteiger partial charge in [-0.2, -0.15) is 0 Å². The first-order valence-electron chi connectivity index (χ1n) is 6.93. The molecule has 2 amide bonds. The van der Waals surface area contributed by atoms with Crippen molar-refractivity contribution in [1.82, 2.24) is 10.2 Å². The Kier molecular flexibility index (Phi) is 4.60. The lowest BCUT2D eigenvalue weighted by Gasteiger charge is -2.29. The van der Waals surface area contributed by atoms with Crippen LogP contribution in [0.4, 0.5) is 4.79 Å². The lowest BCUT2D eigenvalue weighted by Crippen LogP contribution is -2.49. The Labute approximate surface area is 118 Å². The number of nitrogens with zero attached hydrogens (tertiary/aromatic N) is 1. The van der Waals surface area contributed by atoms with Crippen LogP contribution in [0.15, 0.2) is 0 Å². The van der Waals surface area contributed by atoms with Gasteiger partial charge in [0.25, 0.3) is 0 Å². The number of carboxylic acid groups (broad SMARTS) is 1. The van der Waals surface area contributed by atoms with Crippen molar-refractivity contribution in [1.29, 1.82) is 0 Å². The quantitative estimate of drug-likeness (QED) is 0.830. The van der Waals surface area contributed by atoms with Crippen LogP contribution in [0, 0.1) is 5.41 Å². The largest absolute Gasteiger partial charge is 0.480 e. The Bertz CT molecular complexity index is 356. The van der Waals surface area contributed by atoms with Crippen LogP contribution in [-0.2, 0) is 4.79 Å². The molecule has 6 heteroatoms. The normalized spacial score (nSPS) is 25.5. The van der Waals surface area contributed by atoms with E-state index >= 15 is 0 Å². The third-order valence-corrected chi connectivity index (χ3v) is 5.47. The van der Waals surface area contributed by atoms with Crippen molar-refractivity contribution >= 4 is 23.8 Å². The highest BCUT2D eigenvalue weighted by atomic mass is 32.2. The number of hydrogen-bond acceptors (Lipinski definition) is 3. The summed E-state index contributed by atoms with van der Waals surface area (Å²) in [5, 5.41) is 12.0. The van der Waals surface area contributed by atoms with E-state index in [1.54, 1.807) is 0 Å². The second-order valence-electron chi connectivity index (χ2n) is 5.54. The third kappa shape index (κ3) is 3.16. The van der Waals surface area contributed by atoms with Gasteiger partial charge in [0.15, 0.2) is 0 Å². The molecule has 2 N–H and O–H groups in total. The Morgan fingerprint density at radius 1 is 1.42 bits per heavy atom. The highest BCUT2D eigenvalue weighted by Gasteiger charge is 2.37. The molecule has 2 rings (SSSR count). The molecule has 0 aromatic heterocycles. The van der Waals surface area contributed by atoms with Gasteiger partial charge in [-0.15, -0.1) is 11.8 Å². The summed E-state index contributed by atoms with van der Waals surface area (Å²) in [5.74, 6) is 0.0510. The average molecular weight is 286 g/mol. The standard InChI is InChI=1S/C13H22N2O3S/c1-2-13(5-3-4-6-13)8-14-12(18)15-9-19-7-10(15)11(16)17/h10H,2-9H2,1H3,(H,14,18)(H,16,17). The second-order valence-corrected chi connectivity index (χ2v) is 6.54. The molecule has 1 heterocycles. The summed E-state index contributed by atoms with van der Waals surface area (Å²) in [5.41, 5.74) is 0.237. The van der Waals surface area contributed by atoms with Gasteiger partial charge in [0.05, 0.1) is 5.88 Å². The monoisotopic (exact) mass is 286 g/mol. The minimum absolute atomic E-state index is 0.225. The van der Waals surface area contributed by atoms with Gasteiger partial charge in [-0.25, -0.2) is 9.59 Å². The van der Waals surface area contributed by atoms with Crippen LogP contribution in [0.2, 0.25) is 0 Å². The zero-order valence-electron chi connectivity index (χ0n) is 11.4. The number of carboxylic acids is 1. The summed E-state index contributed by atoms with van der Waals surface area (Å²) in [4.78, 5) is 24.6. The van der Waals surface area contributed by atoms with Crippen molar-refractivity contribution in [2.75, 3.05) is 18.2 Å². The molecular weight excluding hydrogens is 264 g/mol. The van der Waals surface area contributed by atoms with Gasteiger partial charge in [0, 0.05) is 12.3 Å². The molecule has 1 aliphatic heterocycles. The molecule has 0 bridgehead atoms.